The Labute approximate surface area is 264 Å². The second kappa shape index (κ2) is 11.5. The highest BCUT2D eigenvalue weighted by Gasteiger charge is 2.36. The molecule has 8 nitrogen and oxygen atoms in total. The number of hydrogen-bond donors (Lipinski definition) is 2. The highest BCUT2D eigenvalue weighted by atomic mass is 16.5. The number of rotatable bonds is 7. The molecule has 0 radical (unpaired) electrons. The molecule has 1 aliphatic carbocycles. The van der Waals surface area contributed by atoms with Gasteiger partial charge < -0.3 is 29.2 Å². The Hall–Kier alpha value is -4.40. The van der Waals surface area contributed by atoms with E-state index in [1.807, 2.05) is 24.3 Å². The molecule has 4 aromatic rings. The standard InChI is InChI=1S/C37H40N2O6/c1-38-12-10-22-16-32(42-3)33(43-4)20-26(22)28(38)14-21-6-8-25(9-7-21)45-31-18-24-15-29-35-23(11-13-39(29)2)17-34(44-5)37(41)36(35)27(24)19-30(31)40/h6-9,16-20,28-29,40-41H,10-15H2,1-5H3/t28-,29+/m0/s1. The van der Waals surface area contributed by atoms with Crippen molar-refractivity contribution < 1.29 is 29.2 Å². The molecule has 234 valence electrons. The van der Waals surface area contributed by atoms with Gasteiger partial charge in [0.15, 0.2) is 34.5 Å². The predicted molar refractivity (Wildman–Crippen MR) is 173 cm³/mol. The van der Waals surface area contributed by atoms with Crippen LogP contribution in [-0.4, -0.2) is 68.5 Å². The zero-order chi connectivity index (χ0) is 31.4. The third-order valence-corrected chi connectivity index (χ3v) is 9.93. The van der Waals surface area contributed by atoms with Crippen LogP contribution in [0, 0.1) is 0 Å². The van der Waals surface area contributed by atoms with Gasteiger partial charge in [0.25, 0.3) is 0 Å². The van der Waals surface area contributed by atoms with Crippen molar-refractivity contribution in [1.29, 1.82) is 0 Å². The first-order valence-electron chi connectivity index (χ1n) is 15.5. The van der Waals surface area contributed by atoms with Crippen molar-refractivity contribution in [1.82, 2.24) is 9.80 Å². The first-order valence-corrected chi connectivity index (χ1v) is 15.5. The van der Waals surface area contributed by atoms with Crippen LogP contribution in [0.25, 0.3) is 11.1 Å². The summed E-state index contributed by atoms with van der Waals surface area (Å²) in [6.45, 7) is 1.90. The zero-order valence-electron chi connectivity index (χ0n) is 26.5. The van der Waals surface area contributed by atoms with Crippen LogP contribution >= 0.6 is 0 Å². The maximum Gasteiger partial charge on any atom is 0.169 e. The van der Waals surface area contributed by atoms with Crippen molar-refractivity contribution in [2.45, 2.75) is 37.8 Å². The van der Waals surface area contributed by atoms with E-state index < -0.39 is 0 Å². The third kappa shape index (κ3) is 5.02. The van der Waals surface area contributed by atoms with Gasteiger partial charge in [-0.3, -0.25) is 9.80 Å². The van der Waals surface area contributed by atoms with Gasteiger partial charge in [0.1, 0.15) is 5.75 Å². The number of phenolic OH excluding ortho intramolecular Hbond substituents is 2. The molecular formula is C37H40N2O6. The van der Waals surface area contributed by atoms with Crippen LogP contribution in [-0.2, 0) is 25.7 Å². The summed E-state index contributed by atoms with van der Waals surface area (Å²) in [7, 11) is 9.22. The van der Waals surface area contributed by atoms with Crippen LogP contribution in [0.2, 0.25) is 0 Å². The van der Waals surface area contributed by atoms with Gasteiger partial charge in [0, 0.05) is 30.7 Å². The fraction of sp³-hybridized carbons (Fsp3) is 0.351. The smallest absolute Gasteiger partial charge is 0.169 e. The van der Waals surface area contributed by atoms with Crippen LogP contribution < -0.4 is 18.9 Å². The summed E-state index contributed by atoms with van der Waals surface area (Å²) in [5.41, 5.74) is 8.65. The number of phenols is 2. The fourth-order valence-corrected chi connectivity index (χ4v) is 7.43. The van der Waals surface area contributed by atoms with Gasteiger partial charge in [0.05, 0.1) is 21.3 Å². The molecule has 3 aliphatic rings. The van der Waals surface area contributed by atoms with Gasteiger partial charge in [-0.1, -0.05) is 12.1 Å². The number of benzene rings is 4. The van der Waals surface area contributed by atoms with E-state index in [0.29, 0.717) is 17.2 Å². The maximum absolute atomic E-state index is 11.2. The number of fused-ring (bicyclic) bond motifs is 3. The summed E-state index contributed by atoms with van der Waals surface area (Å²) in [5.74, 6) is 3.16. The van der Waals surface area contributed by atoms with Crippen molar-refractivity contribution in [3.05, 3.63) is 88.0 Å². The second-order valence-electron chi connectivity index (χ2n) is 12.4. The molecule has 0 aromatic heterocycles. The number of ether oxygens (including phenoxy) is 4. The summed E-state index contributed by atoms with van der Waals surface area (Å²) in [6, 6.07) is 18.3. The number of likely N-dealkylation sites (N-methyl/N-ethyl adjacent to an activating group) is 2. The van der Waals surface area contributed by atoms with Crippen molar-refractivity contribution in [2.75, 3.05) is 48.5 Å². The average Bonchev–Trinajstić information content (AvgIpc) is 3.05. The van der Waals surface area contributed by atoms with Gasteiger partial charge in [-0.2, -0.15) is 0 Å². The van der Waals surface area contributed by atoms with E-state index in [1.165, 1.54) is 22.3 Å². The van der Waals surface area contributed by atoms with Gasteiger partial charge in [-0.25, -0.2) is 0 Å². The topological polar surface area (TPSA) is 83.9 Å². The number of methoxy groups -OCH3 is 3. The van der Waals surface area contributed by atoms with Gasteiger partial charge >= 0.3 is 0 Å². The normalized spacial score (nSPS) is 18.9. The lowest BCUT2D eigenvalue weighted by atomic mass is 9.76. The number of nitrogens with zero attached hydrogens (tertiary/aromatic N) is 2. The van der Waals surface area contributed by atoms with E-state index in [2.05, 4.69) is 48.2 Å². The Morgan fingerprint density at radius 2 is 1.38 bits per heavy atom. The lowest BCUT2D eigenvalue weighted by molar-refractivity contribution is 0.226. The fourth-order valence-electron chi connectivity index (χ4n) is 7.43. The minimum Gasteiger partial charge on any atom is -0.504 e. The molecule has 45 heavy (non-hydrogen) atoms. The summed E-state index contributed by atoms with van der Waals surface area (Å²) in [4.78, 5) is 4.73. The van der Waals surface area contributed by atoms with Crippen LogP contribution in [0.3, 0.4) is 0 Å². The highest BCUT2D eigenvalue weighted by molar-refractivity contribution is 5.84. The number of aromatic hydroxyl groups is 2. The maximum atomic E-state index is 11.2. The molecule has 4 aromatic carbocycles. The van der Waals surface area contributed by atoms with E-state index in [4.69, 9.17) is 18.9 Å². The molecule has 2 atom stereocenters. The second-order valence-corrected chi connectivity index (χ2v) is 12.4. The molecule has 0 saturated carbocycles. The molecule has 0 spiro atoms. The summed E-state index contributed by atoms with van der Waals surface area (Å²) < 4.78 is 22.9. The van der Waals surface area contributed by atoms with Crippen molar-refractivity contribution in [3.63, 3.8) is 0 Å². The number of hydrogen-bond acceptors (Lipinski definition) is 8. The van der Waals surface area contributed by atoms with E-state index in [-0.39, 0.29) is 23.6 Å². The Morgan fingerprint density at radius 1 is 0.733 bits per heavy atom. The Bertz CT molecular complexity index is 1770. The average molecular weight is 609 g/mol. The molecule has 7 rings (SSSR count). The Balaban J connectivity index is 1.15. The minimum atomic E-state index is 0.0289. The van der Waals surface area contributed by atoms with E-state index in [1.54, 1.807) is 27.4 Å². The van der Waals surface area contributed by atoms with Crippen LogP contribution in [0.4, 0.5) is 0 Å². The lowest BCUT2D eigenvalue weighted by Crippen LogP contribution is -2.35. The highest BCUT2D eigenvalue weighted by Crippen LogP contribution is 2.53. The minimum absolute atomic E-state index is 0.0289. The van der Waals surface area contributed by atoms with Crippen LogP contribution in [0.5, 0.6) is 40.2 Å². The third-order valence-electron chi connectivity index (χ3n) is 9.93. The quantitative estimate of drug-likeness (QED) is 0.248. The summed E-state index contributed by atoms with van der Waals surface area (Å²) in [5, 5.41) is 22.3. The Morgan fingerprint density at radius 3 is 2.11 bits per heavy atom. The SMILES string of the molecule is COc1cc2c(cc1OC)[C@H](Cc1ccc(Oc3cc4c(cc3O)-c3c(O)c(OC)cc5c3[C@@H](C4)N(C)CC5)cc1)N(C)CC2. The largest absolute Gasteiger partial charge is 0.504 e. The van der Waals surface area contributed by atoms with Gasteiger partial charge in [-0.15, -0.1) is 0 Å². The van der Waals surface area contributed by atoms with Crippen molar-refractivity contribution in [2.24, 2.45) is 0 Å². The molecule has 0 unspecified atom stereocenters. The first-order chi connectivity index (χ1) is 21.8. The van der Waals surface area contributed by atoms with Gasteiger partial charge in [0.2, 0.25) is 0 Å². The molecule has 0 bridgehead atoms. The van der Waals surface area contributed by atoms with Crippen molar-refractivity contribution in [3.8, 4) is 51.4 Å². The Kier molecular flexibility index (Phi) is 7.50. The molecule has 0 fully saturated rings. The van der Waals surface area contributed by atoms with Crippen LogP contribution in [0.1, 0.15) is 45.5 Å². The molecular weight excluding hydrogens is 568 g/mol. The molecule has 0 amide bonds. The molecule has 0 saturated heterocycles. The molecule has 8 heteroatoms. The van der Waals surface area contributed by atoms with E-state index >= 15 is 0 Å². The lowest BCUT2D eigenvalue weighted by Gasteiger charge is -2.40. The zero-order valence-corrected chi connectivity index (χ0v) is 26.5. The van der Waals surface area contributed by atoms with Crippen molar-refractivity contribution >= 4 is 0 Å². The predicted octanol–water partition coefficient (Wildman–Crippen LogP) is 6.44. The first kappa shape index (κ1) is 29.3. The molecule has 2 N–H and O–H groups in total. The summed E-state index contributed by atoms with van der Waals surface area (Å²) in [6.07, 6.45) is 3.46. The monoisotopic (exact) mass is 608 g/mol. The molecule has 2 heterocycles. The van der Waals surface area contributed by atoms with E-state index in [0.717, 1.165) is 72.5 Å². The van der Waals surface area contributed by atoms with Gasteiger partial charge in [-0.05, 0) is 121 Å². The van der Waals surface area contributed by atoms with Crippen LogP contribution in [0.15, 0.2) is 54.6 Å². The summed E-state index contributed by atoms with van der Waals surface area (Å²) >= 11 is 0. The van der Waals surface area contributed by atoms with E-state index in [9.17, 15) is 10.2 Å². The molecule has 2 aliphatic heterocycles.